The fourth-order valence-electron chi connectivity index (χ4n) is 2.11. The number of carbonyl (C=O) groups excluding carboxylic acids is 2. The van der Waals surface area contributed by atoms with Gasteiger partial charge in [-0.2, -0.15) is 0 Å². The average Bonchev–Trinajstić information content (AvgIpc) is 2.98. The number of imidazole rings is 1. The maximum atomic E-state index is 11.7. The van der Waals surface area contributed by atoms with Gasteiger partial charge < -0.3 is 10.1 Å². The number of benzene rings is 1. The lowest BCUT2D eigenvalue weighted by atomic mass is 10.1. The molecule has 0 aliphatic carbocycles. The third kappa shape index (κ3) is 4.85. The summed E-state index contributed by atoms with van der Waals surface area (Å²) in [4.78, 5) is 27.0. The summed E-state index contributed by atoms with van der Waals surface area (Å²) in [7, 11) is 1.28. The zero-order valence-electron chi connectivity index (χ0n) is 13.3. The smallest absolute Gasteiger partial charge is 0.325 e. The lowest BCUT2D eigenvalue weighted by molar-refractivity contribution is -0.140. The van der Waals surface area contributed by atoms with Gasteiger partial charge in [0.1, 0.15) is 6.54 Å². The zero-order chi connectivity index (χ0) is 16.8. The van der Waals surface area contributed by atoms with Crippen molar-refractivity contribution in [2.45, 2.75) is 19.0 Å². The zero-order valence-corrected chi connectivity index (χ0v) is 14.1. The second kappa shape index (κ2) is 7.82. The standard InChI is InChI=1S/C16H19N3O3S/c1-11-6-12(2)8-13(7-11)19-5-4-17-16(19)23-10-14(20)18-9-15(21)22-3/h4-8H,9-10H2,1-3H3,(H,18,20). The fraction of sp³-hybridized carbons (Fsp3) is 0.312. The van der Waals surface area contributed by atoms with Crippen molar-refractivity contribution in [1.29, 1.82) is 0 Å². The van der Waals surface area contributed by atoms with E-state index in [9.17, 15) is 9.59 Å². The summed E-state index contributed by atoms with van der Waals surface area (Å²) < 4.78 is 6.42. The van der Waals surface area contributed by atoms with Crippen LogP contribution in [-0.2, 0) is 14.3 Å². The summed E-state index contributed by atoms with van der Waals surface area (Å²) in [5.41, 5.74) is 3.35. The number of aryl methyl sites for hydroxylation is 2. The highest BCUT2D eigenvalue weighted by molar-refractivity contribution is 7.99. The van der Waals surface area contributed by atoms with E-state index in [-0.39, 0.29) is 18.2 Å². The third-order valence-corrected chi connectivity index (χ3v) is 4.05. The number of aromatic nitrogens is 2. The van der Waals surface area contributed by atoms with Crippen molar-refractivity contribution in [3.63, 3.8) is 0 Å². The van der Waals surface area contributed by atoms with Crippen molar-refractivity contribution in [1.82, 2.24) is 14.9 Å². The van der Waals surface area contributed by atoms with Crippen LogP contribution in [0.15, 0.2) is 35.7 Å². The molecule has 0 bridgehead atoms. The van der Waals surface area contributed by atoms with Gasteiger partial charge in [-0.15, -0.1) is 0 Å². The minimum absolute atomic E-state index is 0.124. The van der Waals surface area contributed by atoms with Crippen LogP contribution in [0.2, 0.25) is 0 Å². The Morgan fingerprint density at radius 1 is 1.26 bits per heavy atom. The average molecular weight is 333 g/mol. The maximum Gasteiger partial charge on any atom is 0.325 e. The molecule has 0 spiro atoms. The summed E-state index contributed by atoms with van der Waals surface area (Å²) in [5.74, 6) is -0.533. The third-order valence-electron chi connectivity index (χ3n) is 3.08. The van der Waals surface area contributed by atoms with E-state index in [0.717, 1.165) is 10.8 Å². The molecule has 1 aromatic carbocycles. The minimum Gasteiger partial charge on any atom is -0.468 e. The molecule has 1 aromatic heterocycles. The number of methoxy groups -OCH3 is 1. The fourth-order valence-corrected chi connectivity index (χ4v) is 2.91. The van der Waals surface area contributed by atoms with Crippen molar-refractivity contribution >= 4 is 23.6 Å². The molecule has 1 heterocycles. The van der Waals surface area contributed by atoms with Crippen LogP contribution in [-0.4, -0.2) is 40.8 Å². The molecule has 2 aromatic rings. The van der Waals surface area contributed by atoms with Crippen molar-refractivity contribution in [2.24, 2.45) is 0 Å². The van der Waals surface area contributed by atoms with Crippen LogP contribution >= 0.6 is 11.8 Å². The largest absolute Gasteiger partial charge is 0.468 e. The van der Waals surface area contributed by atoms with Gasteiger partial charge in [-0.25, -0.2) is 4.98 Å². The molecule has 0 fully saturated rings. The van der Waals surface area contributed by atoms with Crippen LogP contribution in [0.1, 0.15) is 11.1 Å². The second-order valence-electron chi connectivity index (χ2n) is 5.07. The summed E-state index contributed by atoms with van der Waals surface area (Å²) in [6.45, 7) is 3.96. The number of hydrogen-bond acceptors (Lipinski definition) is 5. The molecule has 122 valence electrons. The first kappa shape index (κ1) is 17.1. The number of thioether (sulfide) groups is 1. The Kier molecular flexibility index (Phi) is 5.81. The summed E-state index contributed by atoms with van der Waals surface area (Å²) in [5, 5.41) is 3.23. The Bertz CT molecular complexity index is 692. The van der Waals surface area contributed by atoms with Gasteiger partial charge in [-0.3, -0.25) is 14.2 Å². The first-order valence-electron chi connectivity index (χ1n) is 7.08. The highest BCUT2D eigenvalue weighted by atomic mass is 32.2. The summed E-state index contributed by atoms with van der Waals surface area (Å²) >= 11 is 1.32. The molecule has 1 amide bonds. The van der Waals surface area contributed by atoms with Crippen LogP contribution < -0.4 is 5.32 Å². The molecule has 1 N–H and O–H groups in total. The van der Waals surface area contributed by atoms with E-state index in [4.69, 9.17) is 0 Å². The Labute approximate surface area is 139 Å². The van der Waals surface area contributed by atoms with E-state index in [1.807, 2.05) is 24.6 Å². The molecule has 0 aliphatic rings. The normalized spacial score (nSPS) is 10.4. The van der Waals surface area contributed by atoms with Gasteiger partial charge in [0.05, 0.1) is 12.9 Å². The van der Waals surface area contributed by atoms with E-state index < -0.39 is 5.97 Å². The topological polar surface area (TPSA) is 73.2 Å². The molecule has 0 saturated heterocycles. The van der Waals surface area contributed by atoms with Crippen LogP contribution in [0.3, 0.4) is 0 Å². The first-order valence-corrected chi connectivity index (χ1v) is 8.06. The van der Waals surface area contributed by atoms with Gasteiger partial charge in [0.25, 0.3) is 0 Å². The van der Waals surface area contributed by atoms with Crippen molar-refractivity contribution in [3.05, 3.63) is 41.7 Å². The Morgan fingerprint density at radius 2 is 1.96 bits per heavy atom. The number of rotatable bonds is 6. The number of ether oxygens (including phenoxy) is 1. The molecule has 7 heteroatoms. The van der Waals surface area contributed by atoms with Crippen LogP contribution in [0.25, 0.3) is 5.69 Å². The number of esters is 1. The SMILES string of the molecule is COC(=O)CNC(=O)CSc1nccn1-c1cc(C)cc(C)c1. The number of nitrogens with zero attached hydrogens (tertiary/aromatic N) is 2. The molecule has 6 nitrogen and oxygen atoms in total. The molecule has 0 atom stereocenters. The van der Waals surface area contributed by atoms with Gasteiger partial charge >= 0.3 is 5.97 Å². The van der Waals surface area contributed by atoms with Gasteiger partial charge in [0.15, 0.2) is 5.16 Å². The van der Waals surface area contributed by atoms with Crippen LogP contribution in [0, 0.1) is 13.8 Å². The number of amides is 1. The van der Waals surface area contributed by atoms with E-state index in [1.54, 1.807) is 6.20 Å². The molecule has 0 radical (unpaired) electrons. The summed E-state index contributed by atoms with van der Waals surface area (Å²) in [6.07, 6.45) is 3.56. The molecule has 2 rings (SSSR count). The van der Waals surface area contributed by atoms with Gasteiger partial charge in [-0.05, 0) is 37.1 Å². The quantitative estimate of drug-likeness (QED) is 0.645. The molecular weight excluding hydrogens is 314 g/mol. The van der Waals surface area contributed by atoms with Gasteiger partial charge in [0.2, 0.25) is 5.91 Å². The van der Waals surface area contributed by atoms with Gasteiger partial charge in [0, 0.05) is 18.1 Å². The van der Waals surface area contributed by atoms with E-state index in [0.29, 0.717) is 0 Å². The van der Waals surface area contributed by atoms with Crippen LogP contribution in [0.5, 0.6) is 0 Å². The van der Waals surface area contributed by atoms with Crippen molar-refractivity contribution < 1.29 is 14.3 Å². The summed E-state index contributed by atoms with van der Waals surface area (Å²) in [6, 6.07) is 6.24. The number of nitrogens with one attached hydrogen (secondary N) is 1. The van der Waals surface area contributed by atoms with Gasteiger partial charge in [-0.1, -0.05) is 17.8 Å². The van der Waals surface area contributed by atoms with E-state index >= 15 is 0 Å². The lowest BCUT2D eigenvalue weighted by Crippen LogP contribution is -2.31. The lowest BCUT2D eigenvalue weighted by Gasteiger charge is -2.09. The molecule has 23 heavy (non-hydrogen) atoms. The Balaban J connectivity index is 2.01. The molecule has 0 unspecified atom stereocenters. The second-order valence-corrected chi connectivity index (χ2v) is 6.01. The minimum atomic E-state index is -0.472. The van der Waals surface area contributed by atoms with Crippen molar-refractivity contribution in [2.75, 3.05) is 19.4 Å². The predicted octanol–water partition coefficient (Wildman–Crippen LogP) is 1.87. The highest BCUT2D eigenvalue weighted by Gasteiger charge is 2.10. The van der Waals surface area contributed by atoms with Crippen molar-refractivity contribution in [3.8, 4) is 5.69 Å². The Hall–Kier alpha value is -2.28. The van der Waals surface area contributed by atoms with E-state index in [2.05, 4.69) is 33.2 Å². The highest BCUT2D eigenvalue weighted by Crippen LogP contribution is 2.21. The maximum absolute atomic E-state index is 11.7. The first-order chi connectivity index (χ1) is 11.0. The van der Waals surface area contributed by atoms with Crippen LogP contribution in [0.4, 0.5) is 0 Å². The van der Waals surface area contributed by atoms with E-state index in [1.165, 1.54) is 30.0 Å². The number of carbonyl (C=O) groups is 2. The number of hydrogen-bond donors (Lipinski definition) is 1. The molecular formula is C16H19N3O3S. The monoisotopic (exact) mass is 333 g/mol. The molecule has 0 saturated carbocycles. The Morgan fingerprint density at radius 3 is 2.61 bits per heavy atom. The molecule has 0 aliphatic heterocycles. The predicted molar refractivity (Wildman–Crippen MR) is 88.8 cm³/mol.